The topological polar surface area (TPSA) is 88.4 Å². The largest absolute Gasteiger partial charge is 0.466 e. The molecule has 6 nitrogen and oxygen atoms in total. The average Bonchev–Trinajstić information content (AvgIpc) is 2.98. The van der Waals surface area contributed by atoms with Crippen LogP contribution >= 0.6 is 34.2 Å². The zero-order chi connectivity index (χ0) is 21.3. The first-order chi connectivity index (χ1) is 13.6. The number of carbonyl (C=O) groups is 1. The molecule has 152 valence electrons. The van der Waals surface area contributed by atoms with Crippen LogP contribution in [0.3, 0.4) is 0 Å². The van der Waals surface area contributed by atoms with Gasteiger partial charge in [-0.05, 0) is 85.3 Å². The lowest BCUT2D eigenvalue weighted by atomic mass is 10.2. The van der Waals surface area contributed by atoms with E-state index in [9.17, 15) is 13.2 Å². The van der Waals surface area contributed by atoms with Crippen LogP contribution in [0.1, 0.15) is 27.4 Å². The lowest BCUT2D eigenvalue weighted by Crippen LogP contribution is -2.16. The molecule has 1 aromatic heterocycles. The number of hydrogen-bond acceptors (Lipinski definition) is 4. The molecule has 0 radical (unpaired) electrons. The van der Waals surface area contributed by atoms with E-state index in [0.29, 0.717) is 22.8 Å². The van der Waals surface area contributed by atoms with Crippen LogP contribution in [0.2, 0.25) is 5.02 Å². The van der Waals surface area contributed by atoms with Crippen molar-refractivity contribution in [3.05, 3.63) is 73.7 Å². The number of carbonyl (C=O) groups excluding carboxylic acids is 1. The Hall–Kier alpha value is -2.04. The van der Waals surface area contributed by atoms with E-state index < -0.39 is 15.9 Å². The third kappa shape index (κ3) is 4.93. The maximum Gasteiger partial charge on any atom is 0.262 e. The van der Waals surface area contributed by atoms with Crippen molar-refractivity contribution in [2.45, 2.75) is 25.7 Å². The molecule has 1 heterocycles. The molecule has 0 aliphatic rings. The summed E-state index contributed by atoms with van der Waals surface area (Å²) in [6, 6.07) is 11.2. The highest BCUT2D eigenvalue weighted by atomic mass is 127. The van der Waals surface area contributed by atoms with Crippen molar-refractivity contribution in [1.82, 2.24) is 0 Å². The fourth-order valence-electron chi connectivity index (χ4n) is 2.73. The van der Waals surface area contributed by atoms with Crippen molar-refractivity contribution < 1.29 is 17.6 Å². The van der Waals surface area contributed by atoms with Crippen molar-refractivity contribution in [3.63, 3.8) is 0 Å². The molecule has 1 amide bonds. The number of furan rings is 1. The Morgan fingerprint density at radius 1 is 1.03 bits per heavy atom. The van der Waals surface area contributed by atoms with Gasteiger partial charge in [-0.3, -0.25) is 9.52 Å². The van der Waals surface area contributed by atoms with E-state index >= 15 is 0 Å². The maximum absolute atomic E-state index is 12.9. The molecule has 0 spiro atoms. The van der Waals surface area contributed by atoms with E-state index in [0.717, 1.165) is 9.13 Å². The van der Waals surface area contributed by atoms with Gasteiger partial charge in [-0.25, -0.2) is 8.42 Å². The van der Waals surface area contributed by atoms with Crippen LogP contribution in [0.15, 0.2) is 51.8 Å². The normalized spacial score (nSPS) is 11.3. The molecule has 0 saturated carbocycles. The van der Waals surface area contributed by atoms with E-state index in [1.165, 1.54) is 18.2 Å². The highest BCUT2D eigenvalue weighted by Gasteiger charge is 2.20. The number of amides is 1. The molecule has 3 rings (SSSR count). The van der Waals surface area contributed by atoms with Gasteiger partial charge in [-0.2, -0.15) is 0 Å². The summed E-state index contributed by atoms with van der Waals surface area (Å²) in [5.74, 6) is 0.639. The molecular formula is C20H18ClIN2O4S. The Morgan fingerprint density at radius 3 is 2.41 bits per heavy atom. The van der Waals surface area contributed by atoms with Gasteiger partial charge in [0, 0.05) is 3.57 Å². The second-order valence-corrected chi connectivity index (χ2v) is 9.76. The summed E-state index contributed by atoms with van der Waals surface area (Å²) in [5.41, 5.74) is 1.96. The number of benzene rings is 2. The summed E-state index contributed by atoms with van der Waals surface area (Å²) >= 11 is 8.24. The van der Waals surface area contributed by atoms with Gasteiger partial charge in [0.25, 0.3) is 15.9 Å². The number of rotatable bonds is 5. The molecule has 2 N–H and O–H groups in total. The minimum Gasteiger partial charge on any atom is -0.466 e. The summed E-state index contributed by atoms with van der Waals surface area (Å²) in [7, 11) is -3.88. The number of hydrogen-bond donors (Lipinski definition) is 2. The number of halogens is 2. The molecule has 9 heteroatoms. The lowest BCUT2D eigenvalue weighted by Gasteiger charge is -2.13. The Balaban J connectivity index is 1.90. The average molecular weight is 545 g/mol. The van der Waals surface area contributed by atoms with E-state index in [1.54, 1.807) is 26.0 Å². The number of nitrogens with one attached hydrogen (secondary N) is 2. The molecule has 3 aromatic rings. The van der Waals surface area contributed by atoms with Crippen LogP contribution < -0.4 is 10.0 Å². The van der Waals surface area contributed by atoms with Gasteiger partial charge in [-0.15, -0.1) is 0 Å². The van der Waals surface area contributed by atoms with Crippen molar-refractivity contribution in [3.8, 4) is 0 Å². The van der Waals surface area contributed by atoms with Gasteiger partial charge in [0.05, 0.1) is 26.9 Å². The molecule has 29 heavy (non-hydrogen) atoms. The van der Waals surface area contributed by atoms with Crippen LogP contribution in [0.5, 0.6) is 0 Å². The van der Waals surface area contributed by atoms with Gasteiger partial charge < -0.3 is 9.73 Å². The van der Waals surface area contributed by atoms with Crippen LogP contribution in [0, 0.1) is 24.3 Å². The van der Waals surface area contributed by atoms with Gasteiger partial charge in [0.15, 0.2) is 0 Å². The van der Waals surface area contributed by atoms with Gasteiger partial charge in [-0.1, -0.05) is 17.7 Å². The zero-order valence-corrected chi connectivity index (χ0v) is 19.6. The number of aryl methyl sites for hydroxylation is 3. The summed E-state index contributed by atoms with van der Waals surface area (Å²) in [6.45, 7) is 5.30. The van der Waals surface area contributed by atoms with Crippen molar-refractivity contribution in [2.24, 2.45) is 0 Å². The second-order valence-electron chi connectivity index (χ2n) is 6.51. The molecular weight excluding hydrogens is 527 g/mol. The predicted molar refractivity (Wildman–Crippen MR) is 122 cm³/mol. The first-order valence-electron chi connectivity index (χ1n) is 8.54. The summed E-state index contributed by atoms with van der Waals surface area (Å²) in [4.78, 5) is 12.5. The van der Waals surface area contributed by atoms with Crippen LogP contribution in [-0.4, -0.2) is 14.3 Å². The SMILES string of the molecule is Cc1ccc(I)c(NS(=O)(=O)c2ccc(Cl)c(NC(=O)c3cc(C)oc3C)c2)c1. The predicted octanol–water partition coefficient (Wildman–Crippen LogP) is 5.52. The minimum atomic E-state index is -3.88. The van der Waals surface area contributed by atoms with E-state index in [-0.39, 0.29) is 15.6 Å². The highest BCUT2D eigenvalue weighted by Crippen LogP contribution is 2.29. The quantitative estimate of drug-likeness (QED) is 0.414. The Morgan fingerprint density at radius 2 is 1.76 bits per heavy atom. The molecule has 0 bridgehead atoms. The number of sulfonamides is 1. The van der Waals surface area contributed by atoms with E-state index in [4.69, 9.17) is 16.0 Å². The van der Waals surface area contributed by atoms with Gasteiger partial charge in [0.2, 0.25) is 0 Å². The van der Waals surface area contributed by atoms with Crippen LogP contribution in [0.25, 0.3) is 0 Å². The summed E-state index contributed by atoms with van der Waals surface area (Å²) in [5, 5.41) is 2.88. The Kier molecular flexibility index (Phi) is 6.25. The minimum absolute atomic E-state index is 0.0189. The molecule has 0 atom stereocenters. The third-order valence-corrected chi connectivity index (χ3v) is 6.78. The van der Waals surface area contributed by atoms with E-state index in [1.807, 2.05) is 19.1 Å². The van der Waals surface area contributed by atoms with Crippen LogP contribution in [0.4, 0.5) is 11.4 Å². The van der Waals surface area contributed by atoms with Crippen molar-refractivity contribution >= 4 is 61.5 Å². The smallest absolute Gasteiger partial charge is 0.262 e. The van der Waals surface area contributed by atoms with E-state index in [2.05, 4.69) is 32.6 Å². The van der Waals surface area contributed by atoms with Gasteiger partial charge >= 0.3 is 0 Å². The Labute approximate surface area is 187 Å². The molecule has 0 unspecified atom stereocenters. The molecule has 2 aromatic carbocycles. The van der Waals surface area contributed by atoms with Crippen molar-refractivity contribution in [2.75, 3.05) is 10.0 Å². The second kappa shape index (κ2) is 8.37. The lowest BCUT2D eigenvalue weighted by molar-refractivity contribution is 0.102. The molecule has 0 aliphatic heterocycles. The third-order valence-electron chi connectivity index (χ3n) is 4.15. The fraction of sp³-hybridized carbons (Fsp3) is 0.150. The summed E-state index contributed by atoms with van der Waals surface area (Å²) in [6.07, 6.45) is 0. The zero-order valence-electron chi connectivity index (χ0n) is 15.8. The van der Waals surface area contributed by atoms with Crippen LogP contribution in [-0.2, 0) is 10.0 Å². The monoisotopic (exact) mass is 544 g/mol. The maximum atomic E-state index is 12.9. The number of anilines is 2. The molecule has 0 saturated heterocycles. The molecule has 0 fully saturated rings. The summed E-state index contributed by atoms with van der Waals surface area (Å²) < 4.78 is 34.4. The standard InChI is InChI=1S/C20H18ClIN2O4S/c1-11-4-7-17(22)19(8-11)24-29(26,27)14-5-6-16(21)18(10-14)23-20(25)15-9-12(2)28-13(15)3/h4-10,24H,1-3H3,(H,23,25). The first-order valence-corrected chi connectivity index (χ1v) is 11.5. The fourth-order valence-corrected chi connectivity index (χ4v) is 4.65. The van der Waals surface area contributed by atoms with Gasteiger partial charge in [0.1, 0.15) is 11.5 Å². The first kappa shape index (κ1) is 21.7. The molecule has 0 aliphatic carbocycles. The van der Waals surface area contributed by atoms with Crippen molar-refractivity contribution in [1.29, 1.82) is 0 Å². The Bertz CT molecular complexity index is 1210. The highest BCUT2D eigenvalue weighted by molar-refractivity contribution is 14.1.